The largest absolute Gasteiger partial charge is 0.342 e. The molecule has 2 amide bonds. The van der Waals surface area contributed by atoms with Gasteiger partial charge in [0, 0.05) is 17.6 Å². The Bertz CT molecular complexity index is 563. The molecule has 1 saturated carbocycles. The monoisotopic (exact) mass is 350 g/mol. The minimum atomic E-state index is -0.813. The van der Waals surface area contributed by atoms with Crippen LogP contribution >= 0.6 is 15.9 Å². The molecule has 1 N–H and O–H groups in total. The van der Waals surface area contributed by atoms with Crippen molar-refractivity contribution in [2.45, 2.75) is 32.1 Å². The van der Waals surface area contributed by atoms with Gasteiger partial charge in [0.2, 0.25) is 11.8 Å². The van der Waals surface area contributed by atoms with Gasteiger partial charge in [0.05, 0.1) is 5.69 Å². The Morgan fingerprint density at radius 1 is 1.10 bits per heavy atom. The summed E-state index contributed by atoms with van der Waals surface area (Å²) in [7, 11) is 0. The van der Waals surface area contributed by atoms with E-state index < -0.39 is 5.41 Å². The highest BCUT2D eigenvalue weighted by Crippen LogP contribution is 2.48. The van der Waals surface area contributed by atoms with E-state index in [0.717, 1.165) is 36.1 Å². The van der Waals surface area contributed by atoms with Gasteiger partial charge in [-0.15, -0.1) is 0 Å². The minimum absolute atomic E-state index is 0.0201. The lowest BCUT2D eigenvalue weighted by atomic mass is 10.0. The van der Waals surface area contributed by atoms with E-state index in [1.807, 2.05) is 29.2 Å². The number of carbonyl (C=O) groups excluding carboxylic acids is 2. The fourth-order valence-corrected chi connectivity index (χ4v) is 3.25. The van der Waals surface area contributed by atoms with Crippen LogP contribution in [0.15, 0.2) is 28.7 Å². The Labute approximate surface area is 133 Å². The third-order valence-electron chi connectivity index (χ3n) is 4.36. The van der Waals surface area contributed by atoms with E-state index in [2.05, 4.69) is 21.2 Å². The maximum absolute atomic E-state index is 12.7. The van der Waals surface area contributed by atoms with Gasteiger partial charge >= 0.3 is 0 Å². The van der Waals surface area contributed by atoms with Gasteiger partial charge in [0.1, 0.15) is 5.41 Å². The SMILES string of the molecule is O=C(Nc1ccccc1Br)C1(C(=O)N2CCCCC2)CC1. The van der Waals surface area contributed by atoms with Crippen LogP contribution in [0.3, 0.4) is 0 Å². The Morgan fingerprint density at radius 3 is 2.38 bits per heavy atom. The highest BCUT2D eigenvalue weighted by Gasteiger charge is 2.58. The van der Waals surface area contributed by atoms with Gasteiger partial charge in [-0.2, -0.15) is 0 Å². The summed E-state index contributed by atoms with van der Waals surface area (Å²) in [4.78, 5) is 27.1. The Hall–Kier alpha value is -1.36. The summed E-state index contributed by atoms with van der Waals surface area (Å²) in [6.45, 7) is 1.59. The third kappa shape index (κ3) is 2.84. The summed E-state index contributed by atoms with van der Waals surface area (Å²) in [5.41, 5.74) is -0.0905. The average Bonchev–Trinajstić information content (AvgIpc) is 3.31. The molecule has 4 nitrogen and oxygen atoms in total. The van der Waals surface area contributed by atoms with E-state index >= 15 is 0 Å². The molecule has 1 aromatic rings. The molecule has 5 heteroatoms. The second-order valence-electron chi connectivity index (χ2n) is 5.87. The number of likely N-dealkylation sites (tertiary alicyclic amines) is 1. The van der Waals surface area contributed by atoms with Gasteiger partial charge in [-0.25, -0.2) is 0 Å². The molecule has 0 radical (unpaired) electrons. The van der Waals surface area contributed by atoms with Crippen LogP contribution in [0, 0.1) is 5.41 Å². The molecule has 1 heterocycles. The summed E-state index contributed by atoms with van der Waals surface area (Å²) >= 11 is 3.42. The van der Waals surface area contributed by atoms with Crippen LogP contribution < -0.4 is 5.32 Å². The van der Waals surface area contributed by atoms with Crippen LogP contribution in [0.5, 0.6) is 0 Å². The number of anilines is 1. The number of hydrogen-bond donors (Lipinski definition) is 1. The van der Waals surface area contributed by atoms with Gasteiger partial charge in [-0.3, -0.25) is 9.59 Å². The van der Waals surface area contributed by atoms with Gasteiger partial charge < -0.3 is 10.2 Å². The first-order chi connectivity index (χ1) is 10.1. The number of benzene rings is 1. The summed E-state index contributed by atoms with van der Waals surface area (Å²) in [5, 5.41) is 2.90. The van der Waals surface area contributed by atoms with Crippen molar-refractivity contribution in [3.8, 4) is 0 Å². The van der Waals surface area contributed by atoms with E-state index in [1.165, 1.54) is 6.42 Å². The molecule has 21 heavy (non-hydrogen) atoms. The van der Waals surface area contributed by atoms with Crippen molar-refractivity contribution in [3.05, 3.63) is 28.7 Å². The minimum Gasteiger partial charge on any atom is -0.342 e. The fourth-order valence-electron chi connectivity index (χ4n) is 2.87. The zero-order valence-corrected chi connectivity index (χ0v) is 13.5. The van der Waals surface area contributed by atoms with E-state index in [1.54, 1.807) is 0 Å². The normalized spacial score (nSPS) is 20.0. The van der Waals surface area contributed by atoms with Crippen molar-refractivity contribution in [3.63, 3.8) is 0 Å². The van der Waals surface area contributed by atoms with Crippen molar-refractivity contribution in [1.82, 2.24) is 4.90 Å². The average molecular weight is 351 g/mol. The number of para-hydroxylation sites is 1. The van der Waals surface area contributed by atoms with Gasteiger partial charge in [0.15, 0.2) is 0 Å². The zero-order chi connectivity index (χ0) is 14.9. The number of hydrogen-bond acceptors (Lipinski definition) is 2. The fraction of sp³-hybridized carbons (Fsp3) is 0.500. The molecule has 2 fully saturated rings. The van der Waals surface area contributed by atoms with Gasteiger partial charge in [0.25, 0.3) is 0 Å². The van der Waals surface area contributed by atoms with E-state index in [-0.39, 0.29) is 11.8 Å². The standard InChI is InChI=1S/C16H19BrN2O2/c17-12-6-2-3-7-13(12)18-14(20)16(8-9-16)15(21)19-10-4-1-5-11-19/h2-3,6-7H,1,4-5,8-11H2,(H,18,20). The molecule has 0 spiro atoms. The molecule has 0 bridgehead atoms. The van der Waals surface area contributed by atoms with Crippen LogP contribution in [0.4, 0.5) is 5.69 Å². The molecule has 3 rings (SSSR count). The lowest BCUT2D eigenvalue weighted by Crippen LogP contribution is -2.45. The summed E-state index contributed by atoms with van der Waals surface area (Å²) in [5.74, 6) is -0.142. The number of piperidine rings is 1. The Kier molecular flexibility index (Phi) is 4.02. The van der Waals surface area contributed by atoms with Gasteiger partial charge in [-0.05, 0) is 60.2 Å². The van der Waals surface area contributed by atoms with Crippen LogP contribution in [-0.2, 0) is 9.59 Å². The summed E-state index contributed by atoms with van der Waals surface area (Å²) < 4.78 is 0.833. The Morgan fingerprint density at radius 2 is 1.76 bits per heavy atom. The molecular formula is C16H19BrN2O2. The first-order valence-electron chi connectivity index (χ1n) is 7.49. The smallest absolute Gasteiger partial charge is 0.240 e. The molecule has 1 aliphatic carbocycles. The summed E-state index contributed by atoms with van der Waals surface area (Å²) in [6.07, 6.45) is 4.61. The molecule has 1 saturated heterocycles. The van der Waals surface area contributed by atoms with Crippen molar-refractivity contribution in [2.75, 3.05) is 18.4 Å². The number of nitrogens with one attached hydrogen (secondary N) is 1. The maximum Gasteiger partial charge on any atom is 0.240 e. The first-order valence-corrected chi connectivity index (χ1v) is 8.28. The molecule has 2 aliphatic rings. The van der Waals surface area contributed by atoms with E-state index in [4.69, 9.17) is 0 Å². The topological polar surface area (TPSA) is 49.4 Å². The Balaban J connectivity index is 1.71. The molecule has 0 aromatic heterocycles. The van der Waals surface area contributed by atoms with Crippen molar-refractivity contribution >= 4 is 33.4 Å². The first kappa shape index (κ1) is 14.6. The van der Waals surface area contributed by atoms with Crippen LogP contribution in [0.25, 0.3) is 0 Å². The van der Waals surface area contributed by atoms with E-state index in [9.17, 15) is 9.59 Å². The third-order valence-corrected chi connectivity index (χ3v) is 5.05. The van der Waals surface area contributed by atoms with Crippen LogP contribution in [0.1, 0.15) is 32.1 Å². The highest BCUT2D eigenvalue weighted by atomic mass is 79.9. The van der Waals surface area contributed by atoms with Crippen LogP contribution in [0.2, 0.25) is 0 Å². The maximum atomic E-state index is 12.7. The molecular weight excluding hydrogens is 332 g/mol. The van der Waals surface area contributed by atoms with Crippen molar-refractivity contribution in [2.24, 2.45) is 5.41 Å². The highest BCUT2D eigenvalue weighted by molar-refractivity contribution is 9.10. The molecule has 0 atom stereocenters. The number of amides is 2. The molecule has 112 valence electrons. The molecule has 0 unspecified atom stereocenters. The number of halogens is 1. The number of rotatable bonds is 3. The predicted molar refractivity (Wildman–Crippen MR) is 84.9 cm³/mol. The lowest BCUT2D eigenvalue weighted by Gasteiger charge is -2.30. The molecule has 1 aromatic carbocycles. The quantitative estimate of drug-likeness (QED) is 0.851. The van der Waals surface area contributed by atoms with Crippen molar-refractivity contribution < 1.29 is 9.59 Å². The summed E-state index contributed by atoms with van der Waals surface area (Å²) in [6, 6.07) is 7.48. The van der Waals surface area contributed by atoms with E-state index in [0.29, 0.717) is 12.8 Å². The second-order valence-corrected chi connectivity index (χ2v) is 6.72. The molecule has 1 aliphatic heterocycles. The lowest BCUT2D eigenvalue weighted by molar-refractivity contribution is -0.143. The van der Waals surface area contributed by atoms with Crippen molar-refractivity contribution in [1.29, 1.82) is 0 Å². The second kappa shape index (κ2) is 5.79. The number of carbonyl (C=O) groups is 2. The number of nitrogens with zero attached hydrogens (tertiary/aromatic N) is 1. The van der Waals surface area contributed by atoms with Crippen LogP contribution in [-0.4, -0.2) is 29.8 Å². The predicted octanol–water partition coefficient (Wildman–Crippen LogP) is 3.18. The van der Waals surface area contributed by atoms with Gasteiger partial charge in [-0.1, -0.05) is 12.1 Å². The zero-order valence-electron chi connectivity index (χ0n) is 11.9.